The summed E-state index contributed by atoms with van der Waals surface area (Å²) in [4.78, 5) is 0. The summed E-state index contributed by atoms with van der Waals surface area (Å²) < 4.78 is 4.69. The van der Waals surface area contributed by atoms with Crippen LogP contribution in [-0.4, -0.2) is 13.7 Å². The van der Waals surface area contributed by atoms with E-state index < -0.39 is 0 Å². The summed E-state index contributed by atoms with van der Waals surface area (Å²) in [6.45, 7) is 4.31. The van der Waals surface area contributed by atoms with E-state index in [2.05, 4.69) is 11.7 Å². The van der Waals surface area contributed by atoms with Crippen molar-refractivity contribution < 1.29 is 4.74 Å². The predicted molar refractivity (Wildman–Crippen MR) is 26.1 cm³/mol. The quantitative estimate of drug-likeness (QED) is 0.467. The van der Waals surface area contributed by atoms with Crippen LogP contribution in [0.1, 0.15) is 6.42 Å². The lowest BCUT2D eigenvalue weighted by Crippen LogP contribution is -1.85. The van der Waals surface area contributed by atoms with Gasteiger partial charge in [-0.15, -0.1) is 0 Å². The minimum Gasteiger partial charge on any atom is -0.384 e. The topological polar surface area (TPSA) is 9.23 Å². The Balaban J connectivity index is 2.34. The zero-order valence-electron chi connectivity index (χ0n) is 4.11. The van der Waals surface area contributed by atoms with Crippen LogP contribution in [0.5, 0.6) is 0 Å². The van der Waals surface area contributed by atoms with Crippen LogP contribution >= 0.6 is 0 Å². The fourth-order valence-electron chi connectivity index (χ4n) is 0.201. The molecule has 6 heavy (non-hydrogen) atoms. The van der Waals surface area contributed by atoms with Crippen molar-refractivity contribution >= 4 is 0 Å². The van der Waals surface area contributed by atoms with Gasteiger partial charge in [0.1, 0.15) is 0 Å². The van der Waals surface area contributed by atoms with Crippen molar-refractivity contribution in [2.45, 2.75) is 6.42 Å². The first-order valence-corrected chi connectivity index (χ1v) is 2.01. The fraction of sp³-hybridized carbons (Fsp3) is 0.600. The molecule has 0 atom stereocenters. The van der Waals surface area contributed by atoms with Crippen molar-refractivity contribution in [1.29, 1.82) is 0 Å². The molecule has 0 rings (SSSR count). The highest BCUT2D eigenvalue weighted by Crippen LogP contribution is 1.80. The van der Waals surface area contributed by atoms with E-state index in [1.165, 1.54) is 0 Å². The van der Waals surface area contributed by atoms with Gasteiger partial charge in [0.25, 0.3) is 0 Å². The number of rotatable bonds is 3. The smallest absolute Gasteiger partial charge is 0.0493 e. The molecule has 0 saturated heterocycles. The van der Waals surface area contributed by atoms with Crippen molar-refractivity contribution in [2.24, 2.45) is 0 Å². The fourth-order valence-corrected chi connectivity index (χ4v) is 0.201. The Bertz CT molecular complexity index is 15.9. The van der Waals surface area contributed by atoms with Gasteiger partial charge in [0.2, 0.25) is 0 Å². The second-order valence-electron chi connectivity index (χ2n) is 1.03. The maximum atomic E-state index is 4.69. The highest BCUT2D eigenvalue weighted by atomic mass is 16.5. The van der Waals surface area contributed by atoms with Crippen LogP contribution in [-0.2, 0) is 4.74 Å². The van der Waals surface area contributed by atoms with Gasteiger partial charge in [-0.05, 0) is 12.8 Å². The van der Waals surface area contributed by atoms with Gasteiger partial charge in [-0.2, -0.15) is 0 Å². The summed E-state index contributed by atoms with van der Waals surface area (Å²) >= 11 is 0. The minimum atomic E-state index is 0.726. The molecule has 0 aliphatic carbocycles. The largest absolute Gasteiger partial charge is 0.384 e. The molecule has 0 aliphatic heterocycles. The van der Waals surface area contributed by atoms with Gasteiger partial charge < -0.3 is 4.74 Å². The third kappa shape index (κ3) is 3.96. The molecule has 0 saturated carbocycles. The first-order chi connectivity index (χ1) is 2.91. The van der Waals surface area contributed by atoms with Crippen molar-refractivity contribution in [2.75, 3.05) is 13.7 Å². The SMILES string of the molecule is [CH2]C[CH]COC. The first-order valence-electron chi connectivity index (χ1n) is 2.01. The van der Waals surface area contributed by atoms with Crippen LogP contribution in [0, 0.1) is 13.3 Å². The Kier molecular flexibility index (Phi) is 4.93. The molecule has 0 aromatic rings. The Morgan fingerprint density at radius 2 is 2.50 bits per heavy atom. The Hall–Kier alpha value is -0.0400. The number of methoxy groups -OCH3 is 1. The molecule has 0 heterocycles. The van der Waals surface area contributed by atoms with Gasteiger partial charge in [-0.3, -0.25) is 0 Å². The van der Waals surface area contributed by atoms with Gasteiger partial charge in [-0.25, -0.2) is 0 Å². The van der Waals surface area contributed by atoms with E-state index in [0.29, 0.717) is 0 Å². The monoisotopic (exact) mass is 86.1 g/mol. The lowest BCUT2D eigenvalue weighted by Gasteiger charge is -1.88. The highest BCUT2D eigenvalue weighted by molar-refractivity contribution is 4.62. The van der Waals surface area contributed by atoms with Crippen LogP contribution < -0.4 is 0 Å². The van der Waals surface area contributed by atoms with Crippen molar-refractivity contribution in [3.05, 3.63) is 13.3 Å². The van der Waals surface area contributed by atoms with Gasteiger partial charge in [0, 0.05) is 13.7 Å². The molecule has 1 nitrogen and oxygen atoms in total. The van der Waals surface area contributed by atoms with E-state index >= 15 is 0 Å². The normalized spacial score (nSPS) is 9.00. The molecule has 0 aliphatic rings. The summed E-state index contributed by atoms with van der Waals surface area (Å²) in [6, 6.07) is 0. The molecule has 0 aromatic carbocycles. The highest BCUT2D eigenvalue weighted by Gasteiger charge is 1.75. The van der Waals surface area contributed by atoms with Crippen LogP contribution in [0.2, 0.25) is 0 Å². The second kappa shape index (κ2) is 4.96. The molecule has 0 aromatic heterocycles. The molecular formula is C5H10O. The maximum Gasteiger partial charge on any atom is 0.0493 e. The lowest BCUT2D eigenvalue weighted by atomic mass is 10.4. The van der Waals surface area contributed by atoms with Crippen LogP contribution in [0.15, 0.2) is 0 Å². The number of hydrogen-bond donors (Lipinski definition) is 0. The minimum absolute atomic E-state index is 0.726. The summed E-state index contributed by atoms with van der Waals surface area (Å²) in [6.07, 6.45) is 2.83. The van der Waals surface area contributed by atoms with Crippen molar-refractivity contribution in [1.82, 2.24) is 0 Å². The van der Waals surface area contributed by atoms with Crippen molar-refractivity contribution in [3.63, 3.8) is 0 Å². The first kappa shape index (κ1) is 5.96. The molecule has 0 unspecified atom stereocenters. The Morgan fingerprint density at radius 3 is 2.67 bits per heavy atom. The zero-order chi connectivity index (χ0) is 4.83. The molecule has 0 fully saturated rings. The summed E-state index contributed by atoms with van der Waals surface area (Å²) in [5, 5.41) is 0. The standard InChI is InChI=1S/C5H10O/c1-3-4-5-6-2/h4H,1,3,5H2,2H3. The molecule has 0 N–H and O–H groups in total. The molecular weight excluding hydrogens is 76.1 g/mol. The molecule has 1 heteroatoms. The molecule has 0 amide bonds. The predicted octanol–water partition coefficient (Wildman–Crippen LogP) is 1.06. The third-order valence-corrected chi connectivity index (χ3v) is 0.489. The van der Waals surface area contributed by atoms with Crippen LogP contribution in [0.3, 0.4) is 0 Å². The van der Waals surface area contributed by atoms with E-state index in [4.69, 9.17) is 0 Å². The molecule has 2 radical (unpaired) electrons. The third-order valence-electron chi connectivity index (χ3n) is 0.489. The summed E-state index contributed by atoms with van der Waals surface area (Å²) in [5.74, 6) is 0. The summed E-state index contributed by atoms with van der Waals surface area (Å²) in [7, 11) is 1.67. The van der Waals surface area contributed by atoms with Gasteiger partial charge in [0.05, 0.1) is 0 Å². The van der Waals surface area contributed by atoms with E-state index in [0.717, 1.165) is 13.0 Å². The number of unbranched alkanes of at least 4 members (excludes halogenated alkanes) is 1. The summed E-state index contributed by atoms with van der Waals surface area (Å²) in [5.41, 5.74) is 0. The lowest BCUT2D eigenvalue weighted by molar-refractivity contribution is 0.222. The average Bonchev–Trinajstić information content (AvgIpc) is 1.61. The average molecular weight is 86.1 g/mol. The van der Waals surface area contributed by atoms with Crippen LogP contribution in [0.25, 0.3) is 0 Å². The Labute approximate surface area is 39.3 Å². The van der Waals surface area contributed by atoms with E-state index in [9.17, 15) is 0 Å². The van der Waals surface area contributed by atoms with Gasteiger partial charge >= 0.3 is 0 Å². The molecule has 0 spiro atoms. The van der Waals surface area contributed by atoms with E-state index in [1.54, 1.807) is 7.11 Å². The number of hydrogen-bond acceptors (Lipinski definition) is 1. The zero-order valence-corrected chi connectivity index (χ0v) is 4.11. The Morgan fingerprint density at radius 1 is 1.83 bits per heavy atom. The second-order valence-corrected chi connectivity index (χ2v) is 1.03. The van der Waals surface area contributed by atoms with E-state index in [-0.39, 0.29) is 0 Å². The van der Waals surface area contributed by atoms with Gasteiger partial charge in [0.15, 0.2) is 0 Å². The molecule has 0 bridgehead atoms. The van der Waals surface area contributed by atoms with E-state index in [1.807, 2.05) is 6.42 Å². The molecule has 36 valence electrons. The number of ether oxygens (including phenoxy) is 1. The van der Waals surface area contributed by atoms with Crippen LogP contribution in [0.4, 0.5) is 0 Å². The van der Waals surface area contributed by atoms with Crippen molar-refractivity contribution in [3.8, 4) is 0 Å². The maximum absolute atomic E-state index is 4.69. The van der Waals surface area contributed by atoms with Gasteiger partial charge in [-0.1, -0.05) is 6.92 Å².